The Morgan fingerprint density at radius 1 is 1.05 bits per heavy atom. The Hall–Kier alpha value is -3.81. The number of halogens is 3. The maximum Gasteiger partial charge on any atom is 0.418 e. The summed E-state index contributed by atoms with van der Waals surface area (Å²) in [6.45, 7) is 4.15. The standard InChI is InChI=1S/C29H28F3NO4/c1-17(2)26-20(9-6-10-25(26)37-14-13-18-7-4-3-5-8-18)27(34)33-24-15-19(21-16-22(21)28(35)36)11-12-23(24)29(30,31)32/h3-12,15,17,21-22H,13-14,16H2,1-2H3,(H,33,34)(H,35,36)/t21-,22-/m1/s1. The van der Waals surface area contributed by atoms with E-state index < -0.39 is 35.2 Å². The highest BCUT2D eigenvalue weighted by molar-refractivity contribution is 6.06. The van der Waals surface area contributed by atoms with E-state index in [4.69, 9.17) is 4.74 Å². The Labute approximate surface area is 213 Å². The number of carboxylic acids is 1. The molecule has 0 bridgehead atoms. The van der Waals surface area contributed by atoms with Crippen molar-refractivity contribution in [1.29, 1.82) is 0 Å². The van der Waals surface area contributed by atoms with Gasteiger partial charge in [-0.25, -0.2) is 0 Å². The van der Waals surface area contributed by atoms with Gasteiger partial charge in [-0.3, -0.25) is 9.59 Å². The summed E-state index contributed by atoms with van der Waals surface area (Å²) >= 11 is 0. The van der Waals surface area contributed by atoms with Gasteiger partial charge in [-0.05, 0) is 53.6 Å². The topological polar surface area (TPSA) is 75.6 Å². The summed E-state index contributed by atoms with van der Waals surface area (Å²) in [5.41, 5.74) is 1.00. The Balaban J connectivity index is 1.59. The number of ether oxygens (including phenoxy) is 1. The fourth-order valence-corrected chi connectivity index (χ4v) is 4.56. The zero-order valence-corrected chi connectivity index (χ0v) is 20.5. The molecule has 2 N–H and O–H groups in total. The molecule has 3 aromatic rings. The van der Waals surface area contributed by atoms with E-state index in [-0.39, 0.29) is 17.4 Å². The van der Waals surface area contributed by atoms with Crippen molar-refractivity contribution < 1.29 is 32.6 Å². The van der Waals surface area contributed by atoms with E-state index in [1.54, 1.807) is 18.2 Å². The highest BCUT2D eigenvalue weighted by Crippen LogP contribution is 2.49. The van der Waals surface area contributed by atoms with Gasteiger partial charge in [0.1, 0.15) is 5.75 Å². The molecule has 1 amide bonds. The maximum atomic E-state index is 13.7. The first-order chi connectivity index (χ1) is 17.6. The Bertz CT molecular complexity index is 1290. The van der Waals surface area contributed by atoms with Crippen molar-refractivity contribution >= 4 is 17.6 Å². The Kier molecular flexibility index (Phi) is 7.57. The monoisotopic (exact) mass is 511 g/mol. The van der Waals surface area contributed by atoms with Crippen molar-refractivity contribution in [3.8, 4) is 5.75 Å². The van der Waals surface area contributed by atoms with Crippen LogP contribution in [-0.4, -0.2) is 23.6 Å². The van der Waals surface area contributed by atoms with Crippen LogP contribution in [0.3, 0.4) is 0 Å². The van der Waals surface area contributed by atoms with E-state index in [0.29, 0.717) is 36.3 Å². The van der Waals surface area contributed by atoms with Gasteiger partial charge in [0.15, 0.2) is 0 Å². The molecule has 5 nitrogen and oxygen atoms in total. The van der Waals surface area contributed by atoms with E-state index in [0.717, 1.165) is 11.6 Å². The third kappa shape index (κ3) is 6.13. The van der Waals surface area contributed by atoms with Gasteiger partial charge in [0.25, 0.3) is 5.91 Å². The van der Waals surface area contributed by atoms with Crippen LogP contribution in [0.5, 0.6) is 5.75 Å². The molecule has 4 rings (SSSR count). The number of hydrogen-bond donors (Lipinski definition) is 2. The molecular formula is C29H28F3NO4. The van der Waals surface area contributed by atoms with Crippen LogP contribution in [0.2, 0.25) is 0 Å². The van der Waals surface area contributed by atoms with Gasteiger partial charge in [-0.15, -0.1) is 0 Å². The van der Waals surface area contributed by atoms with Crippen molar-refractivity contribution in [2.45, 2.75) is 44.7 Å². The lowest BCUT2D eigenvalue weighted by Crippen LogP contribution is -2.19. The molecule has 0 aliphatic heterocycles. The van der Waals surface area contributed by atoms with E-state index >= 15 is 0 Å². The number of carbonyl (C=O) groups is 2. The van der Waals surface area contributed by atoms with Crippen LogP contribution in [0.15, 0.2) is 66.7 Å². The molecule has 194 valence electrons. The van der Waals surface area contributed by atoms with Gasteiger partial charge in [-0.1, -0.05) is 56.3 Å². The maximum absolute atomic E-state index is 13.7. The van der Waals surface area contributed by atoms with E-state index in [2.05, 4.69) is 5.32 Å². The molecule has 1 fully saturated rings. The van der Waals surface area contributed by atoms with E-state index in [9.17, 15) is 27.9 Å². The lowest BCUT2D eigenvalue weighted by atomic mass is 9.95. The van der Waals surface area contributed by atoms with E-state index in [1.165, 1.54) is 12.1 Å². The second-order valence-electron chi connectivity index (χ2n) is 9.50. The highest BCUT2D eigenvalue weighted by atomic mass is 19.4. The van der Waals surface area contributed by atoms with Gasteiger partial charge in [0.2, 0.25) is 0 Å². The fraction of sp³-hybridized carbons (Fsp3) is 0.310. The minimum absolute atomic E-state index is 0.134. The number of nitrogens with one attached hydrogen (secondary N) is 1. The predicted molar refractivity (Wildman–Crippen MR) is 134 cm³/mol. The number of carboxylic acid groups (broad SMARTS) is 1. The summed E-state index contributed by atoms with van der Waals surface area (Å²) < 4.78 is 47.2. The smallest absolute Gasteiger partial charge is 0.418 e. The Morgan fingerprint density at radius 2 is 1.78 bits per heavy atom. The van der Waals surface area contributed by atoms with Crippen molar-refractivity contribution in [2.75, 3.05) is 11.9 Å². The second-order valence-corrected chi connectivity index (χ2v) is 9.50. The van der Waals surface area contributed by atoms with Crippen LogP contribution in [0.1, 0.15) is 64.7 Å². The number of rotatable bonds is 9. The molecule has 1 saturated carbocycles. The molecule has 1 aliphatic carbocycles. The van der Waals surface area contributed by atoms with Gasteiger partial charge in [-0.2, -0.15) is 13.2 Å². The molecule has 0 heterocycles. The first-order valence-electron chi connectivity index (χ1n) is 12.1. The minimum atomic E-state index is -4.69. The predicted octanol–water partition coefficient (Wildman–Crippen LogP) is 6.89. The van der Waals surface area contributed by atoms with Crippen LogP contribution in [0, 0.1) is 5.92 Å². The molecule has 0 unspecified atom stereocenters. The number of carbonyl (C=O) groups excluding carboxylic acids is 1. The molecular weight excluding hydrogens is 483 g/mol. The van der Waals surface area contributed by atoms with Gasteiger partial charge in [0.05, 0.1) is 23.8 Å². The molecule has 0 spiro atoms. The molecule has 0 saturated heterocycles. The quantitative estimate of drug-likeness (QED) is 0.328. The van der Waals surface area contributed by atoms with Crippen molar-refractivity contribution in [2.24, 2.45) is 5.92 Å². The zero-order chi connectivity index (χ0) is 26.7. The number of anilines is 1. The lowest BCUT2D eigenvalue weighted by molar-refractivity contribution is -0.139. The summed E-state index contributed by atoms with van der Waals surface area (Å²) in [6, 6.07) is 18.2. The number of amides is 1. The highest BCUT2D eigenvalue weighted by Gasteiger charge is 2.45. The number of aliphatic carboxylic acids is 1. The second kappa shape index (κ2) is 10.7. The summed E-state index contributed by atoms with van der Waals surface area (Å²) in [6.07, 6.45) is -3.68. The number of hydrogen-bond acceptors (Lipinski definition) is 3. The molecule has 3 aromatic carbocycles. The van der Waals surface area contributed by atoms with Gasteiger partial charge < -0.3 is 15.2 Å². The summed E-state index contributed by atoms with van der Waals surface area (Å²) in [5.74, 6) is -2.30. The number of alkyl halides is 3. The van der Waals surface area contributed by atoms with Crippen LogP contribution >= 0.6 is 0 Å². The third-order valence-corrected chi connectivity index (χ3v) is 6.51. The van der Waals surface area contributed by atoms with Crippen molar-refractivity contribution in [3.63, 3.8) is 0 Å². The van der Waals surface area contributed by atoms with Gasteiger partial charge in [0, 0.05) is 17.5 Å². The zero-order valence-electron chi connectivity index (χ0n) is 20.5. The number of benzene rings is 3. The van der Waals surface area contributed by atoms with E-state index in [1.807, 2.05) is 44.2 Å². The average Bonchev–Trinajstić information content (AvgIpc) is 3.65. The summed E-state index contributed by atoms with van der Waals surface area (Å²) in [7, 11) is 0. The molecule has 1 aliphatic rings. The molecule has 8 heteroatoms. The largest absolute Gasteiger partial charge is 0.493 e. The molecule has 0 radical (unpaired) electrons. The van der Waals surface area contributed by atoms with Crippen molar-refractivity contribution in [1.82, 2.24) is 0 Å². The van der Waals surface area contributed by atoms with Crippen LogP contribution in [0.25, 0.3) is 0 Å². The van der Waals surface area contributed by atoms with Crippen molar-refractivity contribution in [3.05, 3.63) is 94.5 Å². The first-order valence-corrected chi connectivity index (χ1v) is 12.1. The Morgan fingerprint density at radius 3 is 2.41 bits per heavy atom. The fourth-order valence-electron chi connectivity index (χ4n) is 4.56. The minimum Gasteiger partial charge on any atom is -0.493 e. The first kappa shape index (κ1) is 26.3. The third-order valence-electron chi connectivity index (χ3n) is 6.51. The van der Waals surface area contributed by atoms with Crippen LogP contribution in [-0.2, 0) is 17.4 Å². The normalized spacial score (nSPS) is 16.9. The van der Waals surface area contributed by atoms with Crippen LogP contribution < -0.4 is 10.1 Å². The molecule has 0 aromatic heterocycles. The average molecular weight is 512 g/mol. The molecule has 37 heavy (non-hydrogen) atoms. The van der Waals surface area contributed by atoms with Gasteiger partial charge >= 0.3 is 12.1 Å². The summed E-state index contributed by atoms with van der Waals surface area (Å²) in [5, 5.41) is 11.6. The van der Waals surface area contributed by atoms with Crippen LogP contribution in [0.4, 0.5) is 18.9 Å². The lowest BCUT2D eigenvalue weighted by Gasteiger charge is -2.20. The SMILES string of the molecule is CC(C)c1c(OCCc2ccccc2)cccc1C(=O)Nc1cc([C@H]2C[C@H]2C(=O)O)ccc1C(F)(F)F. The molecule has 2 atom stereocenters. The summed E-state index contributed by atoms with van der Waals surface area (Å²) in [4.78, 5) is 24.6.